The minimum atomic E-state index is 0. The summed E-state index contributed by atoms with van der Waals surface area (Å²) in [6.45, 7) is 0. The van der Waals surface area contributed by atoms with Crippen LogP contribution in [0.1, 0.15) is 1.43 Å². The lowest BCUT2D eigenvalue weighted by atomic mass is 10.2. The molecular weight excluding hydrogens is 124 g/mol. The average molecular weight is 130 g/mol. The van der Waals surface area contributed by atoms with Gasteiger partial charge in [-0.2, -0.15) is 5.10 Å². The van der Waals surface area contributed by atoms with Crippen molar-refractivity contribution in [2.24, 2.45) is 0 Å². The maximum Gasteiger partial charge on any atom is 1.00 e. The molecule has 0 spiro atoms. The molecule has 0 unspecified atom stereocenters. The van der Waals surface area contributed by atoms with Crippen LogP contribution in [0.5, 0.6) is 0 Å². The monoisotopic (exact) mass is 130 g/mol. The molecule has 0 fully saturated rings. The number of rotatable bonds is 0. The van der Waals surface area contributed by atoms with Gasteiger partial charge in [0, 0.05) is 10.8 Å². The Hall–Kier alpha value is -1.44. The third-order valence-electron chi connectivity index (χ3n) is 1.39. The zero-order valence-electron chi connectivity index (χ0n) is 6.28. The molecule has 0 aliphatic heterocycles. The van der Waals surface area contributed by atoms with Crippen LogP contribution >= 0.6 is 0 Å². The van der Waals surface area contributed by atoms with Crippen molar-refractivity contribution in [3.05, 3.63) is 36.7 Å². The molecule has 2 rings (SSSR count). The van der Waals surface area contributed by atoms with Gasteiger partial charge in [0.25, 0.3) is 0 Å². The van der Waals surface area contributed by atoms with Gasteiger partial charge >= 0.3 is 1.43 Å². The highest BCUT2D eigenvalue weighted by Crippen LogP contribution is 2.07. The van der Waals surface area contributed by atoms with Crippen LogP contribution < -0.4 is 0 Å². The maximum absolute atomic E-state index is 3.71. The van der Waals surface area contributed by atoms with E-state index < -0.39 is 0 Å². The van der Waals surface area contributed by atoms with Crippen LogP contribution in [0.3, 0.4) is 0 Å². The largest absolute Gasteiger partial charge is 1.00 e. The summed E-state index contributed by atoms with van der Waals surface area (Å²) < 4.78 is 0. The lowest BCUT2D eigenvalue weighted by Gasteiger charge is -1.89. The smallest absolute Gasteiger partial charge is 0.158 e. The quantitative estimate of drug-likeness (QED) is 0.540. The first-order valence-corrected chi connectivity index (χ1v) is 3.05. The van der Waals surface area contributed by atoms with E-state index in [4.69, 9.17) is 0 Å². The zero-order valence-corrected chi connectivity index (χ0v) is 5.28. The number of nitrogens with zero attached hydrogens (tertiary/aromatic N) is 2. The van der Waals surface area contributed by atoms with Gasteiger partial charge in [0.15, 0.2) is 0 Å². The molecule has 47 valence electrons. The molecule has 0 saturated heterocycles. The van der Waals surface area contributed by atoms with E-state index >= 15 is 0 Å². The normalized spacial score (nSPS) is 10.0. The first-order valence-electron chi connectivity index (χ1n) is 3.05. The van der Waals surface area contributed by atoms with Crippen LogP contribution in [0.15, 0.2) is 30.5 Å². The van der Waals surface area contributed by atoms with Crippen LogP contribution in [0.4, 0.5) is 0 Å². The second kappa shape index (κ2) is 2.06. The molecule has 1 aromatic heterocycles. The van der Waals surface area contributed by atoms with Gasteiger partial charge in [0.05, 0.1) is 6.20 Å². The summed E-state index contributed by atoms with van der Waals surface area (Å²) in [6, 6.07) is 7.88. The van der Waals surface area contributed by atoms with E-state index in [1.807, 2.05) is 24.3 Å². The predicted octanol–water partition coefficient (Wildman–Crippen LogP) is 1.54. The first kappa shape index (κ1) is 5.35. The molecule has 0 bridgehead atoms. The predicted molar refractivity (Wildman–Crippen MR) is 39.5 cm³/mol. The fourth-order valence-corrected chi connectivity index (χ4v) is 0.885. The van der Waals surface area contributed by atoms with Crippen LogP contribution in [-0.2, 0) is 0 Å². The molecule has 0 saturated carbocycles. The Bertz CT molecular complexity index is 283. The molecule has 10 heavy (non-hydrogen) atoms. The van der Waals surface area contributed by atoms with Crippen LogP contribution in [-0.4, -0.2) is 10.2 Å². The molecule has 2 aromatic rings. The molecule has 0 N–H and O–H groups in total. The summed E-state index contributed by atoms with van der Waals surface area (Å²) in [6.07, 6.45) is 4.52. The molecule has 1 radical (unpaired) electrons. The topological polar surface area (TPSA) is 25.8 Å². The van der Waals surface area contributed by atoms with Gasteiger partial charge in [0.2, 0.25) is 0 Å². The fourth-order valence-electron chi connectivity index (χ4n) is 0.885. The fraction of sp³-hybridized carbons (Fsp3) is 0. The minimum Gasteiger partial charge on any atom is -0.158 e. The number of hydrogen-bond acceptors (Lipinski definition) is 2. The van der Waals surface area contributed by atoms with E-state index in [1.165, 1.54) is 0 Å². The summed E-state index contributed by atoms with van der Waals surface area (Å²) in [5.74, 6) is 0. The van der Waals surface area contributed by atoms with Crippen molar-refractivity contribution in [2.75, 3.05) is 0 Å². The highest BCUT2D eigenvalue weighted by Gasteiger charge is 1.88. The Morgan fingerprint density at radius 3 is 3.10 bits per heavy atom. The van der Waals surface area contributed by atoms with E-state index in [2.05, 4.69) is 16.4 Å². The molecular formula is C8H6N2+. The second-order valence-electron chi connectivity index (χ2n) is 2.04. The van der Waals surface area contributed by atoms with Gasteiger partial charge in [-0.15, -0.1) is 5.10 Å². The molecule has 2 heteroatoms. The van der Waals surface area contributed by atoms with Crippen LogP contribution in [0.25, 0.3) is 10.8 Å². The summed E-state index contributed by atoms with van der Waals surface area (Å²) >= 11 is 0. The number of fused-ring (bicyclic) bond motifs is 1. The Labute approximate surface area is 60.0 Å². The Kier molecular flexibility index (Phi) is 1.10. The molecule has 2 nitrogen and oxygen atoms in total. The molecule has 0 atom stereocenters. The number of aromatic nitrogens is 2. The lowest BCUT2D eigenvalue weighted by Crippen LogP contribution is -1.78. The third kappa shape index (κ3) is 0.739. The van der Waals surface area contributed by atoms with Gasteiger partial charge in [-0.1, -0.05) is 24.3 Å². The van der Waals surface area contributed by atoms with E-state index in [-0.39, 0.29) is 1.43 Å². The van der Waals surface area contributed by atoms with Gasteiger partial charge in [-0.05, 0) is 0 Å². The summed E-state index contributed by atoms with van der Waals surface area (Å²) in [7, 11) is 0. The number of hydrogen-bond donors (Lipinski definition) is 0. The van der Waals surface area contributed by atoms with E-state index in [1.54, 1.807) is 6.20 Å². The molecule has 0 aliphatic rings. The van der Waals surface area contributed by atoms with E-state index in [9.17, 15) is 0 Å². The summed E-state index contributed by atoms with van der Waals surface area (Å²) in [4.78, 5) is 0. The van der Waals surface area contributed by atoms with E-state index in [0.717, 1.165) is 10.8 Å². The number of benzene rings is 1. The average Bonchev–Trinajstić information content (AvgIpc) is 2.05. The minimum absolute atomic E-state index is 0. The summed E-state index contributed by atoms with van der Waals surface area (Å²) in [5, 5.41) is 9.44. The first-order chi connectivity index (χ1) is 4.97. The van der Waals surface area contributed by atoms with Crippen molar-refractivity contribution in [3.63, 3.8) is 0 Å². The zero-order chi connectivity index (χ0) is 6.81. The standard InChI is InChI=1S/C8H5N2/c1-2-4-8-6-10-9-5-7(8)3-1/h1-5H/p+1. The van der Waals surface area contributed by atoms with Gasteiger partial charge in [0.1, 0.15) is 6.20 Å². The van der Waals surface area contributed by atoms with Gasteiger partial charge in [-0.25, -0.2) is 0 Å². The lowest BCUT2D eigenvalue weighted by molar-refractivity contribution is 1.04. The molecule has 0 amide bonds. The van der Waals surface area contributed by atoms with Crippen molar-refractivity contribution in [3.8, 4) is 0 Å². The summed E-state index contributed by atoms with van der Waals surface area (Å²) in [5.41, 5.74) is 0. The highest BCUT2D eigenvalue weighted by atomic mass is 15.1. The van der Waals surface area contributed by atoms with E-state index in [0.29, 0.717) is 0 Å². The van der Waals surface area contributed by atoms with Crippen LogP contribution in [0.2, 0.25) is 0 Å². The highest BCUT2D eigenvalue weighted by molar-refractivity contribution is 5.79. The third-order valence-corrected chi connectivity index (χ3v) is 1.39. The van der Waals surface area contributed by atoms with Crippen LogP contribution in [0, 0.1) is 6.20 Å². The van der Waals surface area contributed by atoms with Crippen molar-refractivity contribution < 1.29 is 1.43 Å². The Morgan fingerprint density at radius 2 is 2.20 bits per heavy atom. The molecule has 1 heterocycles. The van der Waals surface area contributed by atoms with Crippen molar-refractivity contribution in [1.29, 1.82) is 0 Å². The van der Waals surface area contributed by atoms with Crippen molar-refractivity contribution in [1.82, 2.24) is 10.2 Å². The van der Waals surface area contributed by atoms with Crippen molar-refractivity contribution in [2.45, 2.75) is 0 Å². The second-order valence-corrected chi connectivity index (χ2v) is 2.04. The Balaban J connectivity index is 0.000000605. The SMILES string of the molecule is [H+].[c]1nncc2ccccc12. The molecule has 0 aliphatic carbocycles. The van der Waals surface area contributed by atoms with Crippen molar-refractivity contribution >= 4 is 10.8 Å². The maximum atomic E-state index is 3.71. The van der Waals surface area contributed by atoms with Gasteiger partial charge in [-0.3, -0.25) is 0 Å². The van der Waals surface area contributed by atoms with Gasteiger partial charge < -0.3 is 0 Å². The molecule has 1 aromatic carbocycles. The Morgan fingerprint density at radius 1 is 1.30 bits per heavy atom.